The van der Waals surface area contributed by atoms with Gasteiger partial charge in [-0.2, -0.15) is 0 Å². The minimum absolute atomic E-state index is 0.0923. The van der Waals surface area contributed by atoms with Crippen LogP contribution in [0.1, 0.15) is 16.7 Å². The zero-order valence-corrected chi connectivity index (χ0v) is 14.3. The Balaban J connectivity index is 1.75. The number of aryl methyl sites for hydroxylation is 1. The lowest BCUT2D eigenvalue weighted by Gasteiger charge is -2.12. The van der Waals surface area contributed by atoms with E-state index in [4.69, 9.17) is 4.74 Å². The van der Waals surface area contributed by atoms with E-state index in [2.05, 4.69) is 5.32 Å². The number of para-hydroxylation sites is 1. The fraction of sp³-hybridized carbons (Fsp3) is 0.0952. The largest absolute Gasteiger partial charge is 0.508 e. The second kappa shape index (κ2) is 7.61. The van der Waals surface area contributed by atoms with Crippen LogP contribution in [0.25, 0.3) is 0 Å². The third-order valence-electron chi connectivity index (χ3n) is 3.95. The number of hydrogen-bond donors (Lipinski definition) is 3. The van der Waals surface area contributed by atoms with Crippen molar-refractivity contribution in [2.45, 2.75) is 13.3 Å². The third-order valence-corrected chi connectivity index (χ3v) is 3.95. The van der Waals surface area contributed by atoms with Gasteiger partial charge in [0, 0.05) is 17.7 Å². The lowest BCUT2D eigenvalue weighted by atomic mass is 10.0. The van der Waals surface area contributed by atoms with Crippen LogP contribution in [0.3, 0.4) is 0 Å². The highest BCUT2D eigenvalue weighted by Gasteiger charge is 2.10. The number of nitrogens with one attached hydrogen (secondary N) is 1. The van der Waals surface area contributed by atoms with Gasteiger partial charge < -0.3 is 14.9 Å². The summed E-state index contributed by atoms with van der Waals surface area (Å²) < 4.78 is 5.24. The summed E-state index contributed by atoms with van der Waals surface area (Å²) >= 11 is 0. The van der Waals surface area contributed by atoms with Gasteiger partial charge in [-0.05, 0) is 54.4 Å². The molecule has 0 aliphatic heterocycles. The molecule has 3 aromatic rings. The quantitative estimate of drug-likeness (QED) is 0.601. The number of phenolic OH excluding ortho intramolecular Hbond substituents is 2. The molecule has 132 valence electrons. The van der Waals surface area contributed by atoms with E-state index in [1.165, 1.54) is 18.2 Å². The van der Waals surface area contributed by atoms with E-state index in [0.29, 0.717) is 23.4 Å². The predicted molar refractivity (Wildman–Crippen MR) is 99.8 cm³/mol. The number of phenols is 2. The Kier molecular flexibility index (Phi) is 5.08. The molecule has 0 fully saturated rings. The molecular formula is C21H19NO4. The van der Waals surface area contributed by atoms with Crippen molar-refractivity contribution in [3.05, 3.63) is 83.4 Å². The number of rotatable bonds is 4. The van der Waals surface area contributed by atoms with E-state index in [9.17, 15) is 15.0 Å². The number of amides is 1. The average Bonchev–Trinajstić information content (AvgIpc) is 2.62. The van der Waals surface area contributed by atoms with Crippen LogP contribution in [0.2, 0.25) is 0 Å². The second-order valence-corrected chi connectivity index (χ2v) is 5.97. The van der Waals surface area contributed by atoms with E-state index in [1.807, 2.05) is 31.2 Å². The molecule has 0 aliphatic carbocycles. The van der Waals surface area contributed by atoms with Gasteiger partial charge in [0.05, 0.1) is 0 Å². The van der Waals surface area contributed by atoms with Gasteiger partial charge >= 0.3 is 6.09 Å². The van der Waals surface area contributed by atoms with Crippen LogP contribution < -0.4 is 10.1 Å². The first-order valence-corrected chi connectivity index (χ1v) is 8.15. The zero-order chi connectivity index (χ0) is 18.5. The van der Waals surface area contributed by atoms with Crippen LogP contribution in [-0.4, -0.2) is 16.3 Å². The van der Waals surface area contributed by atoms with E-state index in [1.54, 1.807) is 24.3 Å². The molecule has 5 heteroatoms. The average molecular weight is 349 g/mol. The molecule has 0 atom stereocenters. The normalized spacial score (nSPS) is 10.3. The van der Waals surface area contributed by atoms with Gasteiger partial charge in [-0.25, -0.2) is 4.79 Å². The summed E-state index contributed by atoms with van der Waals surface area (Å²) in [6, 6.07) is 18.8. The van der Waals surface area contributed by atoms with Crippen molar-refractivity contribution in [2.75, 3.05) is 5.32 Å². The number of anilines is 1. The Morgan fingerprint density at radius 1 is 1.00 bits per heavy atom. The van der Waals surface area contributed by atoms with E-state index in [0.717, 1.165) is 11.1 Å². The number of ether oxygens (including phenoxy) is 1. The number of aromatic hydroxyl groups is 2. The standard InChI is InChI=1S/C21H19NO4/c1-14-7-8-15(11-16-13-17(23)9-10-20(16)24)12-19(14)22-21(25)26-18-5-3-2-4-6-18/h2-10,12-13,23-24H,11H2,1H3,(H,22,25). The molecule has 0 unspecified atom stereocenters. The fourth-order valence-corrected chi connectivity index (χ4v) is 2.58. The number of carbonyl (C=O) groups is 1. The summed E-state index contributed by atoms with van der Waals surface area (Å²) in [5.74, 6) is 0.666. The molecule has 3 N–H and O–H groups in total. The summed E-state index contributed by atoms with van der Waals surface area (Å²) in [7, 11) is 0. The number of hydrogen-bond acceptors (Lipinski definition) is 4. The maximum atomic E-state index is 12.1. The first-order chi connectivity index (χ1) is 12.5. The van der Waals surface area contributed by atoms with Crippen molar-refractivity contribution in [3.8, 4) is 17.2 Å². The predicted octanol–water partition coefficient (Wildman–Crippen LogP) is 4.61. The van der Waals surface area contributed by atoms with Gasteiger partial charge in [0.1, 0.15) is 17.2 Å². The maximum absolute atomic E-state index is 12.1. The van der Waals surface area contributed by atoms with Gasteiger partial charge in [0.2, 0.25) is 0 Å². The second-order valence-electron chi connectivity index (χ2n) is 5.97. The van der Waals surface area contributed by atoms with E-state index >= 15 is 0 Å². The SMILES string of the molecule is Cc1ccc(Cc2cc(O)ccc2O)cc1NC(=O)Oc1ccccc1. The molecule has 0 spiro atoms. The topological polar surface area (TPSA) is 78.8 Å². The van der Waals surface area contributed by atoms with Crippen molar-refractivity contribution < 1.29 is 19.7 Å². The van der Waals surface area contributed by atoms with Crippen LogP contribution >= 0.6 is 0 Å². The van der Waals surface area contributed by atoms with Gasteiger partial charge in [-0.3, -0.25) is 5.32 Å². The Bertz CT molecular complexity index is 923. The van der Waals surface area contributed by atoms with Gasteiger partial charge in [0.15, 0.2) is 0 Å². The lowest BCUT2D eigenvalue weighted by Crippen LogP contribution is -2.17. The molecule has 1 amide bonds. The van der Waals surface area contributed by atoms with Crippen LogP contribution in [0.15, 0.2) is 66.7 Å². The summed E-state index contributed by atoms with van der Waals surface area (Å²) in [6.45, 7) is 1.88. The van der Waals surface area contributed by atoms with Gasteiger partial charge in [-0.1, -0.05) is 30.3 Å². The van der Waals surface area contributed by atoms with Gasteiger partial charge in [-0.15, -0.1) is 0 Å². The summed E-state index contributed by atoms with van der Waals surface area (Å²) in [5.41, 5.74) is 3.00. The highest BCUT2D eigenvalue weighted by Crippen LogP contribution is 2.26. The molecule has 3 rings (SSSR count). The van der Waals surface area contributed by atoms with E-state index in [-0.39, 0.29) is 11.5 Å². The Morgan fingerprint density at radius 3 is 2.54 bits per heavy atom. The summed E-state index contributed by atoms with van der Waals surface area (Å²) in [5, 5.41) is 22.3. The van der Waals surface area contributed by atoms with Crippen molar-refractivity contribution in [2.24, 2.45) is 0 Å². The van der Waals surface area contributed by atoms with Crippen LogP contribution in [0.4, 0.5) is 10.5 Å². The zero-order valence-electron chi connectivity index (χ0n) is 14.3. The first-order valence-electron chi connectivity index (χ1n) is 8.15. The molecule has 0 aromatic heterocycles. The first kappa shape index (κ1) is 17.4. The van der Waals surface area contributed by atoms with Crippen molar-refractivity contribution >= 4 is 11.8 Å². The molecular weight excluding hydrogens is 330 g/mol. The molecule has 5 nitrogen and oxygen atoms in total. The maximum Gasteiger partial charge on any atom is 0.417 e. The smallest absolute Gasteiger partial charge is 0.417 e. The highest BCUT2D eigenvalue weighted by molar-refractivity contribution is 5.87. The van der Waals surface area contributed by atoms with Crippen molar-refractivity contribution in [3.63, 3.8) is 0 Å². The van der Waals surface area contributed by atoms with Crippen molar-refractivity contribution in [1.82, 2.24) is 0 Å². The molecule has 0 saturated heterocycles. The minimum atomic E-state index is -0.573. The van der Waals surface area contributed by atoms with E-state index < -0.39 is 6.09 Å². The van der Waals surface area contributed by atoms with Crippen molar-refractivity contribution in [1.29, 1.82) is 0 Å². The minimum Gasteiger partial charge on any atom is -0.508 e. The Morgan fingerprint density at radius 2 is 1.77 bits per heavy atom. The molecule has 3 aromatic carbocycles. The molecule has 0 saturated carbocycles. The number of benzene rings is 3. The highest BCUT2D eigenvalue weighted by atomic mass is 16.6. The van der Waals surface area contributed by atoms with Crippen LogP contribution in [0.5, 0.6) is 17.2 Å². The number of carbonyl (C=O) groups excluding carboxylic acids is 1. The fourth-order valence-electron chi connectivity index (χ4n) is 2.58. The molecule has 26 heavy (non-hydrogen) atoms. The monoisotopic (exact) mass is 349 g/mol. The Hall–Kier alpha value is -3.47. The summed E-state index contributed by atoms with van der Waals surface area (Å²) in [6.07, 6.45) is -0.153. The Labute approximate surface area is 151 Å². The van der Waals surface area contributed by atoms with Crippen LogP contribution in [-0.2, 0) is 6.42 Å². The van der Waals surface area contributed by atoms with Crippen LogP contribution in [0, 0.1) is 6.92 Å². The molecule has 0 bridgehead atoms. The third kappa shape index (κ3) is 4.33. The molecule has 0 radical (unpaired) electrons. The molecule has 0 aliphatic rings. The lowest BCUT2D eigenvalue weighted by molar-refractivity contribution is 0.215. The molecule has 0 heterocycles. The van der Waals surface area contributed by atoms with Gasteiger partial charge in [0.25, 0.3) is 0 Å². The summed E-state index contributed by atoms with van der Waals surface area (Å²) in [4.78, 5) is 12.1.